The Balaban J connectivity index is 1.86. The third-order valence-electron chi connectivity index (χ3n) is 2.87. The van der Waals surface area contributed by atoms with Crippen LogP contribution in [-0.2, 0) is 6.42 Å². The van der Waals surface area contributed by atoms with Crippen molar-refractivity contribution in [1.29, 1.82) is 0 Å². The number of hydrogen-bond acceptors (Lipinski definition) is 4. The van der Waals surface area contributed by atoms with Gasteiger partial charge in [-0.25, -0.2) is 9.97 Å². The molecule has 1 aromatic rings. The first-order chi connectivity index (χ1) is 7.38. The summed E-state index contributed by atoms with van der Waals surface area (Å²) < 4.78 is 0. The maximum atomic E-state index is 5.46. The van der Waals surface area contributed by atoms with E-state index in [9.17, 15) is 0 Å². The fourth-order valence-corrected chi connectivity index (χ4v) is 1.69. The number of nitrogens with one attached hydrogen (secondary N) is 1. The standard InChI is InChI=1S/C11H18N4/c12-6-4-10-13-7-5-11(15-10)14-8-9-2-1-3-9/h5,7,9H,1-4,6,8,12H2,(H,13,14,15). The van der Waals surface area contributed by atoms with Gasteiger partial charge < -0.3 is 11.1 Å². The van der Waals surface area contributed by atoms with Crippen molar-refractivity contribution in [3.05, 3.63) is 18.1 Å². The highest BCUT2D eigenvalue weighted by Crippen LogP contribution is 2.26. The highest BCUT2D eigenvalue weighted by atomic mass is 15.0. The zero-order chi connectivity index (χ0) is 10.5. The van der Waals surface area contributed by atoms with Crippen molar-refractivity contribution in [2.24, 2.45) is 11.7 Å². The quantitative estimate of drug-likeness (QED) is 0.759. The van der Waals surface area contributed by atoms with Crippen LogP contribution in [0.15, 0.2) is 12.3 Å². The predicted molar refractivity (Wildman–Crippen MR) is 60.6 cm³/mol. The van der Waals surface area contributed by atoms with Crippen LogP contribution in [0.25, 0.3) is 0 Å². The van der Waals surface area contributed by atoms with E-state index < -0.39 is 0 Å². The molecule has 1 heterocycles. The zero-order valence-corrected chi connectivity index (χ0v) is 8.95. The Labute approximate surface area is 90.3 Å². The first kappa shape index (κ1) is 10.4. The second kappa shape index (κ2) is 5.07. The molecule has 0 atom stereocenters. The summed E-state index contributed by atoms with van der Waals surface area (Å²) in [6.07, 6.45) is 6.63. The molecule has 0 spiro atoms. The molecule has 3 N–H and O–H groups in total. The molecule has 82 valence electrons. The predicted octanol–water partition coefficient (Wildman–Crippen LogP) is 1.19. The molecule has 0 radical (unpaired) electrons. The van der Waals surface area contributed by atoms with E-state index in [0.29, 0.717) is 6.54 Å². The minimum atomic E-state index is 0.603. The lowest BCUT2D eigenvalue weighted by atomic mass is 9.85. The molecule has 1 saturated carbocycles. The van der Waals surface area contributed by atoms with Crippen LogP contribution in [0.1, 0.15) is 25.1 Å². The van der Waals surface area contributed by atoms with Crippen LogP contribution in [0.2, 0.25) is 0 Å². The molecule has 1 aliphatic rings. The number of nitrogens with two attached hydrogens (primary N) is 1. The molecule has 0 aromatic carbocycles. The Hall–Kier alpha value is -1.16. The monoisotopic (exact) mass is 206 g/mol. The Morgan fingerprint density at radius 3 is 3.00 bits per heavy atom. The molecule has 4 heteroatoms. The largest absolute Gasteiger partial charge is 0.370 e. The third kappa shape index (κ3) is 2.89. The van der Waals surface area contributed by atoms with Crippen LogP contribution in [0.5, 0.6) is 0 Å². The molecule has 4 nitrogen and oxygen atoms in total. The molecule has 1 fully saturated rings. The third-order valence-corrected chi connectivity index (χ3v) is 2.87. The minimum Gasteiger partial charge on any atom is -0.370 e. The van der Waals surface area contributed by atoms with Crippen LogP contribution < -0.4 is 11.1 Å². The second-order valence-corrected chi connectivity index (χ2v) is 4.07. The maximum absolute atomic E-state index is 5.46. The van der Waals surface area contributed by atoms with Crippen LogP contribution in [-0.4, -0.2) is 23.1 Å². The minimum absolute atomic E-state index is 0.603. The molecular formula is C11H18N4. The van der Waals surface area contributed by atoms with Crippen molar-refractivity contribution in [2.45, 2.75) is 25.7 Å². The van der Waals surface area contributed by atoms with Gasteiger partial charge in [-0.3, -0.25) is 0 Å². The Morgan fingerprint density at radius 1 is 1.47 bits per heavy atom. The lowest BCUT2D eigenvalue weighted by molar-refractivity contribution is 0.333. The van der Waals surface area contributed by atoms with E-state index in [-0.39, 0.29) is 0 Å². The average Bonchev–Trinajstić information content (AvgIpc) is 2.16. The number of anilines is 1. The van der Waals surface area contributed by atoms with Crippen molar-refractivity contribution < 1.29 is 0 Å². The molecular weight excluding hydrogens is 188 g/mol. The number of nitrogens with zero attached hydrogens (tertiary/aromatic N) is 2. The number of rotatable bonds is 5. The van der Waals surface area contributed by atoms with Gasteiger partial charge >= 0.3 is 0 Å². The Morgan fingerprint density at radius 2 is 2.33 bits per heavy atom. The van der Waals surface area contributed by atoms with E-state index in [2.05, 4.69) is 15.3 Å². The van der Waals surface area contributed by atoms with Gasteiger partial charge in [0.25, 0.3) is 0 Å². The summed E-state index contributed by atoms with van der Waals surface area (Å²) in [5.41, 5.74) is 5.46. The van der Waals surface area contributed by atoms with Gasteiger partial charge in [0, 0.05) is 19.2 Å². The summed E-state index contributed by atoms with van der Waals surface area (Å²) in [6, 6.07) is 1.92. The van der Waals surface area contributed by atoms with E-state index in [1.807, 2.05) is 6.07 Å². The Kier molecular flexibility index (Phi) is 3.50. The highest BCUT2D eigenvalue weighted by molar-refractivity contribution is 5.33. The normalized spacial score (nSPS) is 16.1. The summed E-state index contributed by atoms with van der Waals surface area (Å²) in [4.78, 5) is 8.55. The van der Waals surface area contributed by atoms with E-state index in [4.69, 9.17) is 5.73 Å². The maximum Gasteiger partial charge on any atom is 0.131 e. The van der Waals surface area contributed by atoms with E-state index >= 15 is 0 Å². The summed E-state index contributed by atoms with van der Waals surface area (Å²) in [6.45, 7) is 1.64. The van der Waals surface area contributed by atoms with Gasteiger partial charge in [-0.2, -0.15) is 0 Å². The molecule has 0 saturated heterocycles. The first-order valence-electron chi connectivity index (χ1n) is 5.64. The van der Waals surface area contributed by atoms with Gasteiger partial charge in [-0.15, -0.1) is 0 Å². The average molecular weight is 206 g/mol. The molecule has 0 unspecified atom stereocenters. The molecule has 2 rings (SSSR count). The topological polar surface area (TPSA) is 63.8 Å². The first-order valence-corrected chi connectivity index (χ1v) is 5.64. The lowest BCUT2D eigenvalue weighted by Crippen LogP contribution is -2.21. The summed E-state index contributed by atoms with van der Waals surface area (Å²) in [5.74, 6) is 2.61. The van der Waals surface area contributed by atoms with Gasteiger partial charge in [0.05, 0.1) is 0 Å². The van der Waals surface area contributed by atoms with Gasteiger partial charge in [0.1, 0.15) is 11.6 Å². The van der Waals surface area contributed by atoms with E-state index in [0.717, 1.165) is 30.5 Å². The molecule has 1 aliphatic carbocycles. The van der Waals surface area contributed by atoms with Gasteiger partial charge in [0.15, 0.2) is 0 Å². The van der Waals surface area contributed by atoms with Crippen molar-refractivity contribution in [1.82, 2.24) is 9.97 Å². The number of aromatic nitrogens is 2. The van der Waals surface area contributed by atoms with Crippen LogP contribution in [0.4, 0.5) is 5.82 Å². The van der Waals surface area contributed by atoms with Crippen molar-refractivity contribution in [3.63, 3.8) is 0 Å². The van der Waals surface area contributed by atoms with Gasteiger partial charge in [-0.05, 0) is 31.4 Å². The molecule has 15 heavy (non-hydrogen) atoms. The van der Waals surface area contributed by atoms with Crippen molar-refractivity contribution >= 4 is 5.82 Å². The molecule has 0 amide bonds. The summed E-state index contributed by atoms with van der Waals surface area (Å²) in [5, 5.41) is 3.35. The zero-order valence-electron chi connectivity index (χ0n) is 8.95. The molecule has 0 bridgehead atoms. The SMILES string of the molecule is NCCc1nccc(NCC2CCC2)n1. The number of hydrogen-bond donors (Lipinski definition) is 2. The fourth-order valence-electron chi connectivity index (χ4n) is 1.69. The summed E-state index contributed by atoms with van der Waals surface area (Å²) >= 11 is 0. The fraction of sp³-hybridized carbons (Fsp3) is 0.636. The second-order valence-electron chi connectivity index (χ2n) is 4.07. The molecule has 0 aliphatic heterocycles. The van der Waals surface area contributed by atoms with Crippen LogP contribution >= 0.6 is 0 Å². The van der Waals surface area contributed by atoms with Gasteiger partial charge in [-0.1, -0.05) is 6.42 Å². The van der Waals surface area contributed by atoms with E-state index in [1.165, 1.54) is 19.3 Å². The smallest absolute Gasteiger partial charge is 0.131 e. The van der Waals surface area contributed by atoms with Crippen LogP contribution in [0, 0.1) is 5.92 Å². The summed E-state index contributed by atoms with van der Waals surface area (Å²) in [7, 11) is 0. The van der Waals surface area contributed by atoms with Gasteiger partial charge in [0.2, 0.25) is 0 Å². The molecule has 1 aromatic heterocycles. The van der Waals surface area contributed by atoms with Crippen LogP contribution in [0.3, 0.4) is 0 Å². The van der Waals surface area contributed by atoms with Crippen molar-refractivity contribution in [2.75, 3.05) is 18.4 Å². The lowest BCUT2D eigenvalue weighted by Gasteiger charge is -2.25. The van der Waals surface area contributed by atoms with Crippen molar-refractivity contribution in [3.8, 4) is 0 Å². The highest BCUT2D eigenvalue weighted by Gasteiger charge is 2.16. The Bertz CT molecular complexity index is 309. The van der Waals surface area contributed by atoms with E-state index in [1.54, 1.807) is 6.20 Å².